The van der Waals surface area contributed by atoms with Crippen molar-refractivity contribution in [3.05, 3.63) is 65.7 Å². The number of nitrogens with zero attached hydrogens (tertiary/aromatic N) is 2. The van der Waals surface area contributed by atoms with Crippen LogP contribution in [-0.2, 0) is 4.79 Å². The first-order valence-corrected chi connectivity index (χ1v) is 10.9. The van der Waals surface area contributed by atoms with E-state index in [2.05, 4.69) is 15.5 Å². The molecule has 2 aromatic carbocycles. The molecular weight excluding hydrogens is 392 g/mol. The summed E-state index contributed by atoms with van der Waals surface area (Å²) >= 11 is 0. The first-order valence-electron chi connectivity index (χ1n) is 10.9. The summed E-state index contributed by atoms with van der Waals surface area (Å²) in [5.74, 6) is 0.348. The van der Waals surface area contributed by atoms with Gasteiger partial charge in [-0.05, 0) is 42.8 Å². The zero-order valence-electron chi connectivity index (χ0n) is 17.9. The van der Waals surface area contributed by atoms with Gasteiger partial charge in [-0.15, -0.1) is 0 Å². The molecule has 2 aromatic rings. The highest BCUT2D eigenvalue weighted by Crippen LogP contribution is 2.20. The maximum absolute atomic E-state index is 13.5. The minimum Gasteiger partial charge on any atom is -0.497 e. The smallest absolute Gasteiger partial charge is 0.252 e. The van der Waals surface area contributed by atoms with Gasteiger partial charge in [-0.25, -0.2) is 0 Å². The SMILES string of the molecule is COc1ccc(C(=O)N[C@@H](C(=O)N2CCN(C3CCNC3)CC2)c2ccccc2)cc1. The van der Waals surface area contributed by atoms with Crippen LogP contribution in [0.2, 0.25) is 0 Å². The summed E-state index contributed by atoms with van der Waals surface area (Å²) in [7, 11) is 1.59. The lowest BCUT2D eigenvalue weighted by Crippen LogP contribution is -2.54. The molecule has 7 nitrogen and oxygen atoms in total. The molecule has 2 aliphatic heterocycles. The summed E-state index contributed by atoms with van der Waals surface area (Å²) in [5.41, 5.74) is 1.28. The van der Waals surface area contributed by atoms with Crippen molar-refractivity contribution >= 4 is 11.8 Å². The van der Waals surface area contributed by atoms with Gasteiger partial charge in [-0.3, -0.25) is 14.5 Å². The molecule has 2 N–H and O–H groups in total. The van der Waals surface area contributed by atoms with E-state index in [1.165, 1.54) is 6.42 Å². The van der Waals surface area contributed by atoms with Crippen LogP contribution in [0, 0.1) is 0 Å². The predicted octanol–water partition coefficient (Wildman–Crippen LogP) is 1.67. The molecule has 2 atom stereocenters. The van der Waals surface area contributed by atoms with Crippen molar-refractivity contribution in [1.29, 1.82) is 0 Å². The Kier molecular flexibility index (Phi) is 6.84. The van der Waals surface area contributed by atoms with E-state index in [4.69, 9.17) is 4.74 Å². The fourth-order valence-electron chi connectivity index (χ4n) is 4.33. The van der Waals surface area contributed by atoms with Gasteiger partial charge in [0.25, 0.3) is 5.91 Å². The largest absolute Gasteiger partial charge is 0.497 e. The Morgan fingerprint density at radius 3 is 2.35 bits per heavy atom. The van der Waals surface area contributed by atoms with E-state index in [1.54, 1.807) is 31.4 Å². The zero-order valence-corrected chi connectivity index (χ0v) is 17.9. The second-order valence-electron chi connectivity index (χ2n) is 8.05. The lowest BCUT2D eigenvalue weighted by molar-refractivity contribution is -0.135. The summed E-state index contributed by atoms with van der Waals surface area (Å²) in [5, 5.41) is 6.37. The molecule has 7 heteroatoms. The van der Waals surface area contributed by atoms with Crippen LogP contribution in [0.15, 0.2) is 54.6 Å². The maximum Gasteiger partial charge on any atom is 0.252 e. The van der Waals surface area contributed by atoms with E-state index in [9.17, 15) is 9.59 Å². The Labute approximate surface area is 183 Å². The summed E-state index contributed by atoms with van der Waals surface area (Å²) < 4.78 is 5.16. The van der Waals surface area contributed by atoms with E-state index >= 15 is 0 Å². The maximum atomic E-state index is 13.5. The number of benzene rings is 2. The highest BCUT2D eigenvalue weighted by atomic mass is 16.5. The molecule has 0 aliphatic carbocycles. The number of ether oxygens (including phenoxy) is 1. The molecule has 2 saturated heterocycles. The van der Waals surface area contributed by atoms with Gasteiger partial charge >= 0.3 is 0 Å². The molecule has 1 unspecified atom stereocenters. The third-order valence-electron chi connectivity index (χ3n) is 6.18. The number of hydrogen-bond acceptors (Lipinski definition) is 5. The van der Waals surface area contributed by atoms with Crippen LogP contribution in [0.5, 0.6) is 5.75 Å². The monoisotopic (exact) mass is 422 g/mol. The van der Waals surface area contributed by atoms with Crippen LogP contribution in [-0.4, -0.2) is 74.0 Å². The first-order chi connectivity index (χ1) is 15.2. The molecule has 0 spiro atoms. The van der Waals surface area contributed by atoms with Crippen LogP contribution >= 0.6 is 0 Å². The van der Waals surface area contributed by atoms with Crippen molar-refractivity contribution in [1.82, 2.24) is 20.4 Å². The van der Waals surface area contributed by atoms with Gasteiger partial charge in [0.15, 0.2) is 0 Å². The van der Waals surface area contributed by atoms with E-state index < -0.39 is 6.04 Å². The highest BCUT2D eigenvalue weighted by molar-refractivity contribution is 5.98. The van der Waals surface area contributed by atoms with Crippen molar-refractivity contribution in [3.8, 4) is 5.75 Å². The van der Waals surface area contributed by atoms with Crippen molar-refractivity contribution in [2.45, 2.75) is 18.5 Å². The third-order valence-corrected chi connectivity index (χ3v) is 6.18. The Morgan fingerprint density at radius 1 is 1.03 bits per heavy atom. The number of amides is 2. The Bertz CT molecular complexity index is 873. The number of rotatable bonds is 6. The lowest BCUT2D eigenvalue weighted by atomic mass is 10.0. The van der Waals surface area contributed by atoms with Crippen LogP contribution < -0.4 is 15.4 Å². The zero-order chi connectivity index (χ0) is 21.6. The lowest BCUT2D eigenvalue weighted by Gasteiger charge is -2.39. The quantitative estimate of drug-likeness (QED) is 0.741. The second-order valence-corrected chi connectivity index (χ2v) is 8.05. The number of carbonyl (C=O) groups is 2. The molecule has 0 aromatic heterocycles. The average Bonchev–Trinajstić information content (AvgIpc) is 3.38. The van der Waals surface area contributed by atoms with Gasteiger partial charge in [-0.2, -0.15) is 0 Å². The molecule has 0 saturated carbocycles. The van der Waals surface area contributed by atoms with Crippen LogP contribution in [0.25, 0.3) is 0 Å². The summed E-state index contributed by atoms with van der Waals surface area (Å²) in [4.78, 5) is 30.7. The summed E-state index contributed by atoms with van der Waals surface area (Å²) in [6, 6.07) is 16.2. The Morgan fingerprint density at radius 2 is 1.74 bits per heavy atom. The molecule has 0 bridgehead atoms. The topological polar surface area (TPSA) is 73.9 Å². The molecule has 0 radical (unpaired) electrons. The highest BCUT2D eigenvalue weighted by Gasteiger charge is 2.32. The minimum atomic E-state index is -0.713. The van der Waals surface area contributed by atoms with Gasteiger partial charge in [0.2, 0.25) is 5.91 Å². The van der Waals surface area contributed by atoms with E-state index in [0.717, 1.165) is 31.7 Å². The summed E-state index contributed by atoms with van der Waals surface area (Å²) in [6.07, 6.45) is 1.17. The fourth-order valence-corrected chi connectivity index (χ4v) is 4.33. The summed E-state index contributed by atoms with van der Waals surface area (Å²) in [6.45, 7) is 5.18. The molecular formula is C24H30N4O3. The molecule has 2 aliphatic rings. The number of hydrogen-bond donors (Lipinski definition) is 2. The third kappa shape index (κ3) is 5.06. The molecule has 2 amide bonds. The van der Waals surface area contributed by atoms with E-state index in [-0.39, 0.29) is 11.8 Å². The van der Waals surface area contributed by atoms with Gasteiger partial charge in [-0.1, -0.05) is 30.3 Å². The second kappa shape index (κ2) is 9.94. The minimum absolute atomic E-state index is 0.0581. The molecule has 4 rings (SSSR count). The van der Waals surface area contributed by atoms with Gasteiger partial charge in [0.05, 0.1) is 7.11 Å². The first kappa shape index (κ1) is 21.3. The van der Waals surface area contributed by atoms with Crippen LogP contribution in [0.4, 0.5) is 0 Å². The normalized spacial score (nSPS) is 20.3. The van der Waals surface area contributed by atoms with Crippen LogP contribution in [0.1, 0.15) is 28.4 Å². The number of piperazine rings is 1. The number of carbonyl (C=O) groups excluding carboxylic acids is 2. The fraction of sp³-hybridized carbons (Fsp3) is 0.417. The standard InChI is InChI=1S/C24H30N4O3/c1-31-21-9-7-19(8-10-21)23(29)26-22(18-5-3-2-4-6-18)24(30)28-15-13-27(14-16-28)20-11-12-25-17-20/h2-10,20,22,25H,11-17H2,1H3,(H,26,29)/t20?,22-/m1/s1. The van der Waals surface area contributed by atoms with Crippen LogP contribution in [0.3, 0.4) is 0 Å². The predicted molar refractivity (Wildman–Crippen MR) is 119 cm³/mol. The molecule has 2 heterocycles. The van der Waals surface area contributed by atoms with E-state index in [1.807, 2.05) is 35.2 Å². The van der Waals surface area contributed by atoms with Gasteiger partial charge < -0.3 is 20.3 Å². The average molecular weight is 423 g/mol. The molecule has 164 valence electrons. The number of methoxy groups -OCH3 is 1. The van der Waals surface area contributed by atoms with Crippen molar-refractivity contribution < 1.29 is 14.3 Å². The van der Waals surface area contributed by atoms with E-state index in [0.29, 0.717) is 30.4 Å². The van der Waals surface area contributed by atoms with Crippen molar-refractivity contribution in [3.63, 3.8) is 0 Å². The number of nitrogens with one attached hydrogen (secondary N) is 2. The van der Waals surface area contributed by atoms with Crippen molar-refractivity contribution in [2.24, 2.45) is 0 Å². The van der Waals surface area contributed by atoms with Gasteiger partial charge in [0, 0.05) is 44.3 Å². The Balaban J connectivity index is 1.46. The molecule has 2 fully saturated rings. The molecule has 31 heavy (non-hydrogen) atoms. The van der Waals surface area contributed by atoms with Gasteiger partial charge in [0.1, 0.15) is 11.8 Å². The Hall–Kier alpha value is -2.90. The van der Waals surface area contributed by atoms with Crippen molar-refractivity contribution in [2.75, 3.05) is 46.4 Å².